The first-order valence-electron chi connectivity index (χ1n) is 12.2. The molecule has 0 N–H and O–H groups in total. The largest absolute Gasteiger partial charge is 0.495 e. The predicted molar refractivity (Wildman–Crippen MR) is 146 cm³/mol. The van der Waals surface area contributed by atoms with Gasteiger partial charge in [-0.2, -0.15) is 0 Å². The second kappa shape index (κ2) is 7.95. The first-order chi connectivity index (χ1) is 17.3. The normalized spacial score (nSPS) is 14.4. The molecule has 0 unspecified atom stereocenters. The van der Waals surface area contributed by atoms with Crippen molar-refractivity contribution in [2.45, 2.75) is 0 Å². The molecule has 0 spiro atoms. The second-order valence-corrected chi connectivity index (χ2v) is 9.26. The van der Waals surface area contributed by atoms with Crippen molar-refractivity contribution in [3.63, 3.8) is 0 Å². The van der Waals surface area contributed by atoms with Crippen molar-refractivity contribution in [3.05, 3.63) is 91.2 Å². The molecule has 0 bridgehead atoms. The summed E-state index contributed by atoms with van der Waals surface area (Å²) in [5, 5.41) is 8.51. The first kappa shape index (κ1) is 20.2. The maximum Gasteiger partial charge on any atom is 0.142 e. The van der Waals surface area contributed by atoms with Crippen molar-refractivity contribution in [3.8, 4) is 5.75 Å². The van der Waals surface area contributed by atoms with Crippen LogP contribution in [-0.2, 0) is 0 Å². The average Bonchev–Trinajstić information content (AvgIpc) is 3.33. The van der Waals surface area contributed by atoms with E-state index in [1.165, 1.54) is 32.6 Å². The molecule has 0 aliphatic carbocycles. The Labute approximate surface area is 203 Å². The van der Waals surface area contributed by atoms with Crippen LogP contribution in [0.3, 0.4) is 0 Å². The monoisotopic (exact) mass is 458 g/mol. The van der Waals surface area contributed by atoms with E-state index in [4.69, 9.17) is 9.15 Å². The molecular formula is C31H26N2O2. The van der Waals surface area contributed by atoms with E-state index in [1.807, 2.05) is 6.07 Å². The van der Waals surface area contributed by atoms with E-state index in [9.17, 15) is 0 Å². The van der Waals surface area contributed by atoms with Gasteiger partial charge < -0.3 is 19.0 Å². The maximum absolute atomic E-state index is 6.10. The van der Waals surface area contributed by atoms with Gasteiger partial charge in [0.05, 0.1) is 19.1 Å². The molecule has 4 heteroatoms. The Kier molecular flexibility index (Phi) is 4.59. The minimum atomic E-state index is 0.890. The van der Waals surface area contributed by atoms with Crippen LogP contribution in [0.2, 0.25) is 0 Å². The zero-order valence-electron chi connectivity index (χ0n) is 19.7. The van der Waals surface area contributed by atoms with Crippen LogP contribution in [0.1, 0.15) is 0 Å². The summed E-state index contributed by atoms with van der Waals surface area (Å²) in [6.45, 7) is 3.85. The number of anilines is 2. The molecule has 1 aliphatic heterocycles. The first-order valence-corrected chi connectivity index (χ1v) is 12.2. The highest BCUT2D eigenvalue weighted by Gasteiger charge is 2.23. The molecule has 35 heavy (non-hydrogen) atoms. The standard InChI is InChI=1S/C31H26N2O2/c1-34-29-20-27-26(19-28(29)33-15-13-32(14-16-33)22-9-3-2-4-10-22)30-23-11-6-5-8-21(23)18-25(30)24-12-7-17-35-31(24)27/h2-12,17-20H,13-16H2,1H3. The zero-order valence-corrected chi connectivity index (χ0v) is 19.7. The molecule has 1 aromatic heterocycles. The third-order valence-corrected chi connectivity index (χ3v) is 7.44. The third-order valence-electron chi connectivity index (χ3n) is 7.44. The number of hydrogen-bond donors (Lipinski definition) is 0. The van der Waals surface area contributed by atoms with Gasteiger partial charge in [-0.1, -0.05) is 42.5 Å². The summed E-state index contributed by atoms with van der Waals surface area (Å²) < 4.78 is 12.1. The Morgan fingerprint density at radius 3 is 2.20 bits per heavy atom. The van der Waals surface area contributed by atoms with E-state index < -0.39 is 0 Å². The van der Waals surface area contributed by atoms with Gasteiger partial charge in [-0.3, -0.25) is 0 Å². The van der Waals surface area contributed by atoms with Crippen molar-refractivity contribution < 1.29 is 9.15 Å². The third kappa shape index (κ3) is 3.13. The molecule has 7 rings (SSSR count). The second-order valence-electron chi connectivity index (χ2n) is 9.26. The van der Waals surface area contributed by atoms with Gasteiger partial charge >= 0.3 is 0 Å². The molecule has 5 aromatic carbocycles. The molecule has 1 fully saturated rings. The lowest BCUT2D eigenvalue weighted by molar-refractivity contribution is 0.414. The fraction of sp³-hybridized carbons (Fsp3) is 0.161. The summed E-state index contributed by atoms with van der Waals surface area (Å²) in [7, 11) is 1.76. The molecular weight excluding hydrogens is 432 g/mol. The quantitative estimate of drug-likeness (QED) is 0.262. The van der Waals surface area contributed by atoms with E-state index >= 15 is 0 Å². The zero-order chi connectivity index (χ0) is 23.4. The van der Waals surface area contributed by atoms with E-state index in [0.717, 1.165) is 54.0 Å². The highest BCUT2D eigenvalue weighted by molar-refractivity contribution is 6.33. The van der Waals surface area contributed by atoms with Crippen LogP contribution in [0.4, 0.5) is 11.4 Å². The number of fused-ring (bicyclic) bond motifs is 8. The molecule has 0 amide bonds. The fourth-order valence-electron chi connectivity index (χ4n) is 5.75. The van der Waals surface area contributed by atoms with Crippen molar-refractivity contribution >= 4 is 54.7 Å². The highest BCUT2D eigenvalue weighted by Crippen LogP contribution is 2.44. The number of rotatable bonds is 3. The number of nitrogens with zero attached hydrogens (tertiary/aromatic N) is 2. The van der Waals surface area contributed by atoms with Crippen molar-refractivity contribution in [2.24, 2.45) is 0 Å². The summed E-state index contributed by atoms with van der Waals surface area (Å²) in [6.07, 6.45) is 1.76. The van der Waals surface area contributed by atoms with Crippen LogP contribution >= 0.6 is 0 Å². The predicted octanol–water partition coefficient (Wildman–Crippen LogP) is 7.23. The minimum Gasteiger partial charge on any atom is -0.495 e. The van der Waals surface area contributed by atoms with E-state index in [1.54, 1.807) is 13.4 Å². The smallest absolute Gasteiger partial charge is 0.142 e. The molecule has 172 valence electrons. The summed E-state index contributed by atoms with van der Waals surface area (Å²) in [4.78, 5) is 4.92. The van der Waals surface area contributed by atoms with Crippen LogP contribution in [0.5, 0.6) is 5.75 Å². The number of hydrogen-bond acceptors (Lipinski definition) is 4. The van der Waals surface area contributed by atoms with Crippen molar-refractivity contribution in [1.29, 1.82) is 0 Å². The molecule has 1 aliphatic rings. The summed E-state index contributed by atoms with van der Waals surface area (Å²) in [5.74, 6) is 0.890. The summed E-state index contributed by atoms with van der Waals surface area (Å²) in [6, 6.07) is 30.3. The van der Waals surface area contributed by atoms with E-state index in [0.29, 0.717) is 0 Å². The van der Waals surface area contributed by atoms with Gasteiger partial charge in [-0.15, -0.1) is 0 Å². The lowest BCUT2D eigenvalue weighted by Crippen LogP contribution is -2.46. The van der Waals surface area contributed by atoms with Gasteiger partial charge in [-0.05, 0) is 69.4 Å². The van der Waals surface area contributed by atoms with Crippen LogP contribution < -0.4 is 14.5 Å². The topological polar surface area (TPSA) is 28.9 Å². The number of piperazine rings is 1. The summed E-state index contributed by atoms with van der Waals surface area (Å²) in [5.41, 5.74) is 3.34. The highest BCUT2D eigenvalue weighted by atomic mass is 16.5. The molecule has 4 nitrogen and oxygen atoms in total. The molecule has 0 atom stereocenters. The fourth-order valence-corrected chi connectivity index (χ4v) is 5.75. The Hall–Kier alpha value is -4.18. The van der Waals surface area contributed by atoms with Crippen molar-refractivity contribution in [1.82, 2.24) is 0 Å². The van der Waals surface area contributed by atoms with Gasteiger partial charge in [0, 0.05) is 42.6 Å². The lowest BCUT2D eigenvalue weighted by Gasteiger charge is -2.38. The molecule has 1 saturated heterocycles. The Morgan fingerprint density at radius 1 is 0.657 bits per heavy atom. The number of para-hydroxylation sites is 1. The number of benzene rings is 4. The number of ether oxygens (including phenoxy) is 1. The van der Waals surface area contributed by atoms with Gasteiger partial charge in [0.15, 0.2) is 0 Å². The molecule has 0 radical (unpaired) electrons. The lowest BCUT2D eigenvalue weighted by atomic mass is 9.98. The maximum atomic E-state index is 6.10. The SMILES string of the molecule is COc1cc2c(cc1N1CCN(c3ccccc3)CC1)c1c3ccccc3cc1c1cccoc21. The molecule has 0 saturated carbocycles. The van der Waals surface area contributed by atoms with Gasteiger partial charge in [0.25, 0.3) is 0 Å². The van der Waals surface area contributed by atoms with Crippen LogP contribution in [0.25, 0.3) is 43.3 Å². The van der Waals surface area contributed by atoms with Gasteiger partial charge in [0.2, 0.25) is 0 Å². The van der Waals surface area contributed by atoms with E-state index in [2.05, 4.69) is 88.7 Å². The Morgan fingerprint density at radius 2 is 1.37 bits per heavy atom. The molecule has 2 heterocycles. The van der Waals surface area contributed by atoms with E-state index in [-0.39, 0.29) is 0 Å². The average molecular weight is 459 g/mol. The van der Waals surface area contributed by atoms with Crippen LogP contribution in [0.15, 0.2) is 95.6 Å². The Balaban J connectivity index is 1.42. The van der Waals surface area contributed by atoms with Gasteiger partial charge in [0.1, 0.15) is 11.3 Å². The van der Waals surface area contributed by atoms with Crippen LogP contribution in [0, 0.1) is 0 Å². The molecule has 6 aromatic rings. The summed E-state index contributed by atoms with van der Waals surface area (Å²) >= 11 is 0. The number of methoxy groups -OCH3 is 1. The Bertz CT molecular complexity index is 1700. The van der Waals surface area contributed by atoms with Crippen molar-refractivity contribution in [2.75, 3.05) is 43.1 Å². The van der Waals surface area contributed by atoms with Gasteiger partial charge in [-0.25, -0.2) is 0 Å². The van der Waals surface area contributed by atoms with Crippen LogP contribution in [-0.4, -0.2) is 33.3 Å². The minimum absolute atomic E-state index is 0.890.